The van der Waals surface area contributed by atoms with Crippen LogP contribution in [0, 0.1) is 0 Å². The molecule has 0 saturated carbocycles. The van der Waals surface area contributed by atoms with Crippen molar-refractivity contribution < 1.29 is 9.47 Å². The van der Waals surface area contributed by atoms with Crippen molar-refractivity contribution in [3.05, 3.63) is 70.7 Å². The van der Waals surface area contributed by atoms with Gasteiger partial charge in [-0.3, -0.25) is 0 Å². The quantitative estimate of drug-likeness (QED) is 0.419. The molecule has 1 unspecified atom stereocenters. The van der Waals surface area contributed by atoms with Gasteiger partial charge in [0.05, 0.1) is 11.6 Å². The zero-order valence-corrected chi connectivity index (χ0v) is 17.5. The molecular formula is C21H23Cl2N3O2. The molecule has 0 radical (unpaired) electrons. The molecule has 3 rings (SSSR count). The zero-order chi connectivity index (χ0) is 20.0. The number of hydrogen-bond acceptors (Lipinski definition) is 4. The first kappa shape index (κ1) is 20.6. The van der Waals surface area contributed by atoms with Crippen LogP contribution in [0.4, 0.5) is 0 Å². The minimum Gasteiger partial charge on any atom is -0.457 e. The number of halogens is 2. The average Bonchev–Trinajstić information content (AvgIpc) is 3.20. The van der Waals surface area contributed by atoms with Gasteiger partial charge in [0, 0.05) is 17.7 Å². The van der Waals surface area contributed by atoms with Crippen molar-refractivity contribution in [3.8, 4) is 11.5 Å². The molecule has 148 valence electrons. The number of nitrogens with zero attached hydrogens (tertiary/aromatic N) is 3. The predicted molar refractivity (Wildman–Crippen MR) is 111 cm³/mol. The molecule has 0 aliphatic carbocycles. The molecule has 28 heavy (non-hydrogen) atoms. The second kappa shape index (κ2) is 9.41. The van der Waals surface area contributed by atoms with Crippen LogP contribution in [0.25, 0.3) is 0 Å². The summed E-state index contributed by atoms with van der Waals surface area (Å²) in [5.41, 5.74) is 0.309. The summed E-state index contributed by atoms with van der Waals surface area (Å²) in [6, 6.07) is 12.9. The van der Waals surface area contributed by atoms with Gasteiger partial charge in [-0.25, -0.2) is 9.67 Å². The van der Waals surface area contributed by atoms with E-state index in [0.717, 1.165) is 24.8 Å². The van der Waals surface area contributed by atoms with E-state index in [1.54, 1.807) is 30.3 Å². The molecule has 3 aromatic rings. The third-order valence-corrected chi connectivity index (χ3v) is 5.25. The van der Waals surface area contributed by atoms with E-state index < -0.39 is 5.60 Å². The van der Waals surface area contributed by atoms with Gasteiger partial charge in [-0.05, 0) is 42.8 Å². The first-order valence-electron chi connectivity index (χ1n) is 9.17. The van der Waals surface area contributed by atoms with E-state index in [0.29, 0.717) is 28.1 Å². The van der Waals surface area contributed by atoms with Gasteiger partial charge in [-0.1, -0.05) is 49.0 Å². The Kier molecular flexibility index (Phi) is 6.94. The van der Waals surface area contributed by atoms with E-state index in [2.05, 4.69) is 17.0 Å². The Morgan fingerprint density at radius 3 is 2.43 bits per heavy atom. The smallest absolute Gasteiger partial charge is 0.137 e. The van der Waals surface area contributed by atoms with E-state index in [1.807, 2.05) is 30.3 Å². The average molecular weight is 420 g/mol. The Hall–Kier alpha value is -2.08. The van der Waals surface area contributed by atoms with Crippen LogP contribution in [0.1, 0.15) is 31.7 Å². The van der Waals surface area contributed by atoms with Gasteiger partial charge < -0.3 is 9.47 Å². The van der Waals surface area contributed by atoms with Crippen molar-refractivity contribution in [3.63, 3.8) is 0 Å². The highest BCUT2D eigenvalue weighted by atomic mass is 35.5. The number of unbranched alkanes of at least 4 members (excludes halogenated alkanes) is 1. The van der Waals surface area contributed by atoms with Crippen molar-refractivity contribution in [1.82, 2.24) is 14.8 Å². The van der Waals surface area contributed by atoms with Crippen LogP contribution in [0.2, 0.25) is 10.0 Å². The topological polar surface area (TPSA) is 49.2 Å². The van der Waals surface area contributed by atoms with Crippen LogP contribution in [-0.4, -0.2) is 21.9 Å². The molecule has 0 aliphatic heterocycles. The van der Waals surface area contributed by atoms with Gasteiger partial charge in [0.1, 0.15) is 29.8 Å². The van der Waals surface area contributed by atoms with E-state index in [9.17, 15) is 0 Å². The molecule has 5 nitrogen and oxygen atoms in total. The lowest BCUT2D eigenvalue weighted by Gasteiger charge is -2.34. The third kappa shape index (κ3) is 4.85. The largest absolute Gasteiger partial charge is 0.457 e. The van der Waals surface area contributed by atoms with Gasteiger partial charge in [0.15, 0.2) is 0 Å². The van der Waals surface area contributed by atoms with Crippen LogP contribution < -0.4 is 4.74 Å². The molecule has 0 fully saturated rings. The maximum Gasteiger partial charge on any atom is 0.137 e. The molecule has 0 amide bonds. The number of aromatic nitrogens is 3. The molecule has 2 aromatic carbocycles. The second-order valence-electron chi connectivity index (χ2n) is 6.59. The lowest BCUT2D eigenvalue weighted by molar-refractivity contribution is -0.0407. The van der Waals surface area contributed by atoms with E-state index in [4.69, 9.17) is 32.7 Å². The fraction of sp³-hybridized carbons (Fsp3) is 0.333. The van der Waals surface area contributed by atoms with Crippen molar-refractivity contribution >= 4 is 23.2 Å². The van der Waals surface area contributed by atoms with Crippen molar-refractivity contribution in [2.75, 3.05) is 7.11 Å². The van der Waals surface area contributed by atoms with Gasteiger partial charge in [0.25, 0.3) is 0 Å². The SMILES string of the molecule is CCCCC(Cn1cncn1)(OC)c1ccc(Oc2ccc(Cl)cc2)cc1Cl. The first-order valence-corrected chi connectivity index (χ1v) is 9.93. The molecule has 1 atom stereocenters. The highest BCUT2D eigenvalue weighted by Gasteiger charge is 2.34. The number of ether oxygens (including phenoxy) is 2. The Bertz CT molecular complexity index is 885. The van der Waals surface area contributed by atoms with E-state index >= 15 is 0 Å². The maximum absolute atomic E-state index is 6.68. The Morgan fingerprint density at radius 2 is 1.82 bits per heavy atom. The summed E-state index contributed by atoms with van der Waals surface area (Å²) in [4.78, 5) is 4.04. The van der Waals surface area contributed by atoms with Gasteiger partial charge in [-0.15, -0.1) is 0 Å². The summed E-state index contributed by atoms with van der Waals surface area (Å²) in [6.07, 6.45) is 6.08. The summed E-state index contributed by atoms with van der Waals surface area (Å²) < 4.78 is 13.7. The van der Waals surface area contributed by atoms with Crippen molar-refractivity contribution in [2.45, 2.75) is 38.3 Å². The van der Waals surface area contributed by atoms with Crippen LogP contribution in [-0.2, 0) is 16.9 Å². The molecule has 0 N–H and O–H groups in total. The summed E-state index contributed by atoms with van der Waals surface area (Å²) >= 11 is 12.6. The number of hydrogen-bond donors (Lipinski definition) is 0. The third-order valence-electron chi connectivity index (χ3n) is 4.69. The maximum atomic E-state index is 6.68. The fourth-order valence-corrected chi connectivity index (χ4v) is 3.65. The normalized spacial score (nSPS) is 13.3. The minimum absolute atomic E-state index is 0.528. The van der Waals surface area contributed by atoms with Gasteiger partial charge in [0.2, 0.25) is 0 Å². The van der Waals surface area contributed by atoms with Crippen molar-refractivity contribution in [1.29, 1.82) is 0 Å². The predicted octanol–water partition coefficient (Wildman–Crippen LogP) is 6.11. The van der Waals surface area contributed by atoms with Gasteiger partial charge in [-0.2, -0.15) is 5.10 Å². The van der Waals surface area contributed by atoms with Crippen LogP contribution in [0.5, 0.6) is 11.5 Å². The fourth-order valence-electron chi connectivity index (χ4n) is 3.18. The molecule has 1 heterocycles. The standard InChI is InChI=1S/C21H23Cl2N3O2/c1-3-4-11-21(27-2,13-26-15-24-14-25-26)19-10-9-18(12-20(19)23)28-17-7-5-16(22)6-8-17/h5-10,12,14-15H,3-4,11,13H2,1-2H3. The number of methoxy groups -OCH3 is 1. The number of rotatable bonds is 9. The Labute approximate surface area is 175 Å². The van der Waals surface area contributed by atoms with E-state index in [1.165, 1.54) is 6.33 Å². The summed E-state index contributed by atoms with van der Waals surface area (Å²) in [6.45, 7) is 2.68. The summed E-state index contributed by atoms with van der Waals surface area (Å²) in [5, 5.41) is 5.49. The number of benzene rings is 2. The second-order valence-corrected chi connectivity index (χ2v) is 7.44. The lowest BCUT2D eigenvalue weighted by atomic mass is 9.88. The monoisotopic (exact) mass is 419 g/mol. The highest BCUT2D eigenvalue weighted by molar-refractivity contribution is 6.31. The summed E-state index contributed by atoms with van der Waals surface area (Å²) in [7, 11) is 1.71. The molecule has 0 spiro atoms. The Balaban J connectivity index is 1.89. The highest BCUT2D eigenvalue weighted by Crippen LogP contribution is 2.39. The molecule has 1 aromatic heterocycles. The van der Waals surface area contributed by atoms with Crippen LogP contribution >= 0.6 is 23.2 Å². The minimum atomic E-state index is -0.598. The van der Waals surface area contributed by atoms with Gasteiger partial charge >= 0.3 is 0 Å². The molecule has 7 heteroatoms. The van der Waals surface area contributed by atoms with Crippen LogP contribution in [0.3, 0.4) is 0 Å². The van der Waals surface area contributed by atoms with E-state index in [-0.39, 0.29) is 0 Å². The van der Waals surface area contributed by atoms with Crippen molar-refractivity contribution in [2.24, 2.45) is 0 Å². The summed E-state index contributed by atoms with van der Waals surface area (Å²) in [5.74, 6) is 1.34. The molecular weight excluding hydrogens is 397 g/mol. The molecule has 0 aliphatic rings. The zero-order valence-electron chi connectivity index (χ0n) is 15.9. The Morgan fingerprint density at radius 1 is 1.07 bits per heavy atom. The molecule has 0 bridgehead atoms. The first-order chi connectivity index (χ1) is 13.6. The lowest BCUT2D eigenvalue weighted by Crippen LogP contribution is -2.34. The van der Waals surface area contributed by atoms with Crippen LogP contribution in [0.15, 0.2) is 55.1 Å². The molecule has 0 saturated heterocycles.